The number of allylic oxidation sites excluding steroid dienone is 7. The zero-order valence-corrected chi connectivity index (χ0v) is 23.1. The van der Waals surface area contributed by atoms with E-state index in [0.717, 1.165) is 12.2 Å². The molecule has 0 aromatic rings. The molecule has 0 aromatic carbocycles. The van der Waals surface area contributed by atoms with Gasteiger partial charge in [-0.2, -0.15) is 0 Å². The molecule has 0 spiro atoms. The molecule has 0 aliphatic heterocycles. The summed E-state index contributed by atoms with van der Waals surface area (Å²) in [6, 6.07) is 0. The maximum absolute atomic E-state index is 11.0. The van der Waals surface area contributed by atoms with Crippen molar-refractivity contribution < 1.29 is 42.8 Å². The Morgan fingerprint density at radius 2 is 0.750 bits per heavy atom. The highest BCUT2D eigenvalue weighted by atomic mass is 16.6. The van der Waals surface area contributed by atoms with Gasteiger partial charge in [-0.1, -0.05) is 83.5 Å². The lowest BCUT2D eigenvalue weighted by molar-refractivity contribution is -0.139. The molecule has 218 valence electrons. The first-order chi connectivity index (χ1) is 19.1. The van der Waals surface area contributed by atoms with Gasteiger partial charge in [0.15, 0.2) is 0 Å². The van der Waals surface area contributed by atoms with Crippen molar-refractivity contribution in [2.24, 2.45) is 0 Å². The average Bonchev–Trinajstić information content (AvgIpc) is 2.97. The van der Waals surface area contributed by atoms with E-state index < -0.39 is 17.9 Å². The van der Waals surface area contributed by atoms with Gasteiger partial charge in [0.25, 0.3) is 0 Å². The van der Waals surface area contributed by atoms with Gasteiger partial charge in [0, 0.05) is 18.2 Å². The van der Waals surface area contributed by atoms with E-state index in [1.165, 1.54) is 30.4 Å². The minimum atomic E-state index is -0.456. The minimum absolute atomic E-state index is 0.182. The number of esters is 3. The van der Waals surface area contributed by atoms with Crippen LogP contribution in [0.3, 0.4) is 0 Å². The van der Waals surface area contributed by atoms with Gasteiger partial charge >= 0.3 is 17.9 Å². The molecule has 0 saturated carbocycles. The van der Waals surface area contributed by atoms with Crippen LogP contribution >= 0.6 is 0 Å². The Hall–Kier alpha value is -5.05. The predicted molar refractivity (Wildman–Crippen MR) is 158 cm³/mol. The molecule has 0 heterocycles. The van der Waals surface area contributed by atoms with Crippen LogP contribution in [0.2, 0.25) is 0 Å². The van der Waals surface area contributed by atoms with Gasteiger partial charge < -0.3 is 28.4 Å². The zero-order chi connectivity index (χ0) is 31.0. The van der Waals surface area contributed by atoms with Gasteiger partial charge in [0.2, 0.25) is 0 Å². The third kappa shape index (κ3) is 33.0. The van der Waals surface area contributed by atoms with Crippen LogP contribution in [0.4, 0.5) is 0 Å². The van der Waals surface area contributed by atoms with Gasteiger partial charge in [-0.25, -0.2) is 14.4 Å². The van der Waals surface area contributed by atoms with Gasteiger partial charge in [-0.05, 0) is 18.2 Å². The summed E-state index contributed by atoms with van der Waals surface area (Å²) >= 11 is 0. The molecule has 40 heavy (non-hydrogen) atoms. The number of hydrogen-bond donors (Lipinski definition) is 0. The Bertz CT molecular complexity index is 816. The topological polar surface area (TPSA) is 107 Å². The van der Waals surface area contributed by atoms with Crippen molar-refractivity contribution in [3.63, 3.8) is 0 Å². The van der Waals surface area contributed by atoms with E-state index in [-0.39, 0.29) is 39.6 Å². The van der Waals surface area contributed by atoms with Gasteiger partial charge in [0.1, 0.15) is 56.9 Å². The molecule has 0 fully saturated rings. The number of rotatable bonds is 20. The summed E-state index contributed by atoms with van der Waals surface area (Å²) in [5, 5.41) is 0. The fraction of sp³-hybridized carbons (Fsp3) is 0.194. The Morgan fingerprint density at radius 3 is 1.10 bits per heavy atom. The molecule has 0 aliphatic rings. The highest BCUT2D eigenvalue weighted by Gasteiger charge is 1.97. The second kappa shape index (κ2) is 30.2. The molecule has 0 bridgehead atoms. The molecule has 0 N–H and O–H groups in total. The minimum Gasteiger partial charge on any atom is -0.491 e. The molecule has 0 unspecified atom stereocenters. The molecule has 0 aromatic heterocycles. The van der Waals surface area contributed by atoms with Crippen molar-refractivity contribution in [3.8, 4) is 0 Å². The molecule has 0 atom stereocenters. The summed E-state index contributed by atoms with van der Waals surface area (Å²) in [5.74, 6) is 0.0910. The molecule has 0 amide bonds. The highest BCUT2D eigenvalue weighted by molar-refractivity contribution is 5.82. The monoisotopic (exact) mass is 556 g/mol. The van der Waals surface area contributed by atoms with Crippen molar-refractivity contribution in [2.45, 2.75) is 0 Å². The summed E-state index contributed by atoms with van der Waals surface area (Å²) in [6.07, 6.45) is 14.5. The fourth-order valence-corrected chi connectivity index (χ4v) is 1.60. The van der Waals surface area contributed by atoms with Crippen LogP contribution in [0.1, 0.15) is 0 Å². The van der Waals surface area contributed by atoms with Crippen molar-refractivity contribution in [1.29, 1.82) is 0 Å². The Balaban J connectivity index is -0.000000522. The van der Waals surface area contributed by atoms with Gasteiger partial charge in [-0.15, -0.1) is 0 Å². The van der Waals surface area contributed by atoms with E-state index in [4.69, 9.17) is 18.9 Å². The van der Waals surface area contributed by atoms with Crippen LogP contribution < -0.4 is 0 Å². The summed E-state index contributed by atoms with van der Waals surface area (Å²) in [6.45, 7) is 32.4. The Labute approximate surface area is 237 Å². The van der Waals surface area contributed by atoms with E-state index in [1.54, 1.807) is 18.2 Å². The Kier molecular flexibility index (Phi) is 29.8. The maximum Gasteiger partial charge on any atom is 0.330 e. The van der Waals surface area contributed by atoms with E-state index >= 15 is 0 Å². The van der Waals surface area contributed by atoms with Crippen LogP contribution in [-0.2, 0) is 42.8 Å². The van der Waals surface area contributed by atoms with Crippen LogP contribution in [0.25, 0.3) is 0 Å². The van der Waals surface area contributed by atoms with Crippen LogP contribution in [0, 0.1) is 0 Å². The number of hydrogen-bond acceptors (Lipinski definition) is 9. The molecule has 0 radical (unpaired) electrons. The SMILES string of the molecule is C=C/C=C/C(=C)OCCOC(=O)/C=C/C=C.C=CC(=C)OCCOC(=O)C=C.C=CC(=C)OCCOC(=O)C=C. The number of carbonyl (C=O) groups is 3. The lowest BCUT2D eigenvalue weighted by Crippen LogP contribution is -2.07. The number of carbonyl (C=O) groups excluding carboxylic acids is 3. The van der Waals surface area contributed by atoms with E-state index in [9.17, 15) is 14.4 Å². The van der Waals surface area contributed by atoms with Crippen molar-refractivity contribution in [2.75, 3.05) is 39.6 Å². The first kappa shape index (κ1) is 39.5. The van der Waals surface area contributed by atoms with Gasteiger partial charge in [0.05, 0.1) is 0 Å². The second-order valence-electron chi connectivity index (χ2n) is 6.45. The smallest absolute Gasteiger partial charge is 0.330 e. The second-order valence-corrected chi connectivity index (χ2v) is 6.45. The third-order valence-corrected chi connectivity index (χ3v) is 3.42. The number of ether oxygens (including phenoxy) is 6. The Morgan fingerprint density at radius 1 is 0.425 bits per heavy atom. The molecule has 0 rings (SSSR count). The van der Waals surface area contributed by atoms with E-state index in [1.807, 2.05) is 0 Å². The molecular weight excluding hydrogens is 516 g/mol. The van der Waals surface area contributed by atoms with Crippen LogP contribution in [-0.4, -0.2) is 57.5 Å². The highest BCUT2D eigenvalue weighted by Crippen LogP contribution is 1.96. The van der Waals surface area contributed by atoms with Crippen molar-refractivity contribution in [3.05, 3.63) is 137 Å². The standard InChI is InChI=1S/C13H16O3.2C9H12O3/c1-4-6-8-12(3)15-10-11-16-13(14)9-7-5-2;2*1-4-8(3)11-6-7-12-9(10)5-2/h4-9H,1-3,10-11H2;2*4-5H,1-3,6-7H2/b8-6+,9-7+;;. The van der Waals surface area contributed by atoms with Crippen LogP contribution in [0.5, 0.6) is 0 Å². The lowest BCUT2D eigenvalue weighted by Gasteiger charge is -2.05. The summed E-state index contributed by atoms with van der Waals surface area (Å²) < 4.78 is 29.1. The van der Waals surface area contributed by atoms with Crippen molar-refractivity contribution in [1.82, 2.24) is 0 Å². The predicted octanol–water partition coefficient (Wildman–Crippen LogP) is 5.41. The zero-order valence-electron chi connectivity index (χ0n) is 23.1. The summed E-state index contributed by atoms with van der Waals surface area (Å²) in [4.78, 5) is 31.9. The normalized spacial score (nSPS) is 9.10. The quantitative estimate of drug-likeness (QED) is 0.0486. The summed E-state index contributed by atoms with van der Waals surface area (Å²) in [5.41, 5.74) is 0. The average molecular weight is 557 g/mol. The largest absolute Gasteiger partial charge is 0.491 e. The van der Waals surface area contributed by atoms with Crippen LogP contribution in [0.15, 0.2) is 137 Å². The molecular formula is C31H40O9. The molecule has 0 saturated heterocycles. The first-order valence-electron chi connectivity index (χ1n) is 11.6. The molecule has 9 nitrogen and oxygen atoms in total. The van der Waals surface area contributed by atoms with E-state index in [0.29, 0.717) is 17.3 Å². The van der Waals surface area contributed by atoms with E-state index in [2.05, 4.69) is 68.7 Å². The maximum atomic E-state index is 11.0. The summed E-state index contributed by atoms with van der Waals surface area (Å²) in [7, 11) is 0. The van der Waals surface area contributed by atoms with Crippen molar-refractivity contribution >= 4 is 17.9 Å². The first-order valence-corrected chi connectivity index (χ1v) is 11.6. The molecule has 0 aliphatic carbocycles. The molecule has 9 heteroatoms. The van der Waals surface area contributed by atoms with Gasteiger partial charge in [-0.3, -0.25) is 0 Å². The lowest BCUT2D eigenvalue weighted by atomic mass is 10.4. The fourth-order valence-electron chi connectivity index (χ4n) is 1.60. The third-order valence-electron chi connectivity index (χ3n) is 3.42.